The van der Waals surface area contributed by atoms with Gasteiger partial charge in [-0.2, -0.15) is 0 Å². The molecular weight excluding hydrogens is 779 g/mol. The third-order valence-corrected chi connectivity index (χ3v) is 13.0. The van der Waals surface area contributed by atoms with E-state index in [1.165, 1.54) is 193 Å². The highest BCUT2D eigenvalue weighted by molar-refractivity contribution is 5.77. The first-order chi connectivity index (χ1) is 31.0. The molecule has 0 aromatic rings. The Morgan fingerprint density at radius 3 is 1.24 bits per heavy atom. The number of carbonyl (C=O) groups is 2. The fourth-order valence-electron chi connectivity index (χ4n) is 8.76. The van der Waals surface area contributed by atoms with Crippen molar-refractivity contribution in [2.24, 2.45) is 0 Å². The van der Waals surface area contributed by atoms with Gasteiger partial charge in [0.1, 0.15) is 6.10 Å². The highest BCUT2D eigenvalue weighted by atomic mass is 16.5. The van der Waals surface area contributed by atoms with Gasteiger partial charge in [0.2, 0.25) is 5.91 Å². The van der Waals surface area contributed by atoms with E-state index in [2.05, 4.69) is 50.4 Å². The monoisotopic (exact) mass is 888 g/mol. The van der Waals surface area contributed by atoms with Gasteiger partial charge >= 0.3 is 5.97 Å². The number of aliphatic hydroxyl groups is 2. The van der Waals surface area contributed by atoms with Crippen LogP contribution in [0.2, 0.25) is 0 Å². The summed E-state index contributed by atoms with van der Waals surface area (Å²) in [6.45, 7) is 6.49. The van der Waals surface area contributed by atoms with Crippen molar-refractivity contribution in [3.8, 4) is 0 Å². The molecule has 6 heteroatoms. The molecule has 0 saturated carbocycles. The van der Waals surface area contributed by atoms with E-state index >= 15 is 0 Å². The van der Waals surface area contributed by atoms with Crippen LogP contribution in [0, 0.1) is 0 Å². The van der Waals surface area contributed by atoms with Gasteiger partial charge in [-0.3, -0.25) is 9.59 Å². The third-order valence-electron chi connectivity index (χ3n) is 13.0. The van der Waals surface area contributed by atoms with Crippen LogP contribution in [-0.4, -0.2) is 46.9 Å². The van der Waals surface area contributed by atoms with Crippen LogP contribution >= 0.6 is 0 Å². The molecule has 3 N–H and O–H groups in total. The summed E-state index contributed by atoms with van der Waals surface area (Å²) in [6.07, 6.45) is 59.5. The van der Waals surface area contributed by atoms with Gasteiger partial charge in [-0.1, -0.05) is 257 Å². The first-order valence-electron chi connectivity index (χ1n) is 28.1. The number of rotatable bonds is 51. The van der Waals surface area contributed by atoms with E-state index in [1.54, 1.807) is 0 Å². The molecule has 0 aliphatic heterocycles. The Labute approximate surface area is 392 Å². The number of hydrogen-bond donors (Lipinski definition) is 3. The summed E-state index contributed by atoms with van der Waals surface area (Å²) < 4.78 is 5.95. The maximum absolute atomic E-state index is 13.2. The van der Waals surface area contributed by atoms with Crippen LogP contribution in [0.25, 0.3) is 0 Å². The van der Waals surface area contributed by atoms with Crippen LogP contribution < -0.4 is 5.32 Å². The van der Waals surface area contributed by atoms with E-state index in [0.717, 1.165) is 64.2 Å². The number of unbranched alkanes of at least 4 members (excludes halogenated alkanes) is 35. The Morgan fingerprint density at radius 2 is 0.810 bits per heavy atom. The average molecular weight is 889 g/mol. The molecule has 372 valence electrons. The number of nitrogens with one attached hydrogen (secondary N) is 1. The minimum atomic E-state index is -0.788. The van der Waals surface area contributed by atoms with Crippen molar-refractivity contribution in [3.05, 3.63) is 24.3 Å². The predicted molar refractivity (Wildman–Crippen MR) is 273 cm³/mol. The van der Waals surface area contributed by atoms with Crippen LogP contribution in [0.4, 0.5) is 0 Å². The Hall–Kier alpha value is -1.66. The molecule has 0 rings (SSSR count). The average Bonchev–Trinajstić information content (AvgIpc) is 3.28. The zero-order chi connectivity index (χ0) is 45.9. The topological polar surface area (TPSA) is 95.9 Å². The number of ether oxygens (including phenoxy) is 1. The number of allylic oxidation sites excluding steroid dienone is 4. The van der Waals surface area contributed by atoms with Crippen molar-refractivity contribution in [2.45, 2.75) is 322 Å². The van der Waals surface area contributed by atoms with Gasteiger partial charge in [0.05, 0.1) is 25.2 Å². The van der Waals surface area contributed by atoms with Gasteiger partial charge in [-0.05, 0) is 57.8 Å². The molecule has 0 aromatic heterocycles. The van der Waals surface area contributed by atoms with Crippen LogP contribution in [0.5, 0.6) is 0 Å². The van der Waals surface area contributed by atoms with Gasteiger partial charge in [-0.15, -0.1) is 0 Å². The van der Waals surface area contributed by atoms with E-state index in [1.807, 2.05) is 0 Å². The summed E-state index contributed by atoms with van der Waals surface area (Å²) in [4.78, 5) is 26.2. The Bertz CT molecular complexity index is 997. The van der Waals surface area contributed by atoms with Crippen LogP contribution in [0.1, 0.15) is 303 Å². The summed E-state index contributed by atoms with van der Waals surface area (Å²) in [5.74, 6) is -0.470. The summed E-state index contributed by atoms with van der Waals surface area (Å²) >= 11 is 0. The van der Waals surface area contributed by atoms with Crippen LogP contribution in [0.3, 0.4) is 0 Å². The molecule has 0 radical (unpaired) electrons. The first kappa shape index (κ1) is 61.3. The molecule has 0 aliphatic carbocycles. The number of esters is 1. The fraction of sp³-hybridized carbons (Fsp3) is 0.895. The van der Waals surface area contributed by atoms with Crippen molar-refractivity contribution in [2.75, 3.05) is 6.61 Å². The summed E-state index contributed by atoms with van der Waals surface area (Å²) in [6, 6.07) is -0.702. The lowest BCUT2D eigenvalue weighted by Crippen LogP contribution is -2.46. The summed E-state index contributed by atoms with van der Waals surface area (Å²) in [5, 5.41) is 23.9. The van der Waals surface area contributed by atoms with Crippen LogP contribution in [-0.2, 0) is 14.3 Å². The van der Waals surface area contributed by atoms with Gasteiger partial charge < -0.3 is 20.3 Å². The molecule has 0 heterocycles. The lowest BCUT2D eigenvalue weighted by Gasteiger charge is -2.24. The molecule has 0 aromatic carbocycles. The minimum Gasteiger partial charge on any atom is -0.462 e. The van der Waals surface area contributed by atoms with Gasteiger partial charge in [0.15, 0.2) is 0 Å². The quantitative estimate of drug-likeness (QED) is 0.0321. The first-order valence-corrected chi connectivity index (χ1v) is 28.1. The minimum absolute atomic E-state index is 0.0739. The lowest BCUT2D eigenvalue weighted by atomic mass is 10.0. The van der Waals surface area contributed by atoms with E-state index < -0.39 is 18.2 Å². The molecule has 0 fully saturated rings. The Kier molecular flexibility index (Phi) is 50.0. The summed E-state index contributed by atoms with van der Waals surface area (Å²) in [5.41, 5.74) is 0. The molecule has 0 spiro atoms. The lowest BCUT2D eigenvalue weighted by molar-refractivity contribution is -0.151. The molecule has 63 heavy (non-hydrogen) atoms. The van der Waals surface area contributed by atoms with Gasteiger partial charge in [-0.25, -0.2) is 0 Å². The smallest absolute Gasteiger partial charge is 0.306 e. The second-order valence-corrected chi connectivity index (χ2v) is 19.3. The standard InChI is InChI=1S/C57H109NO5/c1-4-7-10-13-16-19-22-25-28-30-33-36-39-42-45-48-53(63-57(62)50-47-44-41-38-35-32-27-24-21-18-15-12-9-6-3)51-56(61)58-54(52-59)55(60)49-46-43-40-37-34-31-29-26-23-20-17-14-11-8-5-2/h16,19,25,28,53-55,59-60H,4-15,17-18,20-24,26-27,29-52H2,1-3H3,(H,58,61)/b19-16-,28-25-. The number of hydrogen-bond acceptors (Lipinski definition) is 5. The zero-order valence-electron chi connectivity index (χ0n) is 42.5. The molecule has 0 bridgehead atoms. The molecule has 0 aliphatic rings. The van der Waals surface area contributed by atoms with Gasteiger partial charge in [0, 0.05) is 6.42 Å². The van der Waals surface area contributed by atoms with Crippen molar-refractivity contribution in [1.82, 2.24) is 5.32 Å². The zero-order valence-corrected chi connectivity index (χ0v) is 42.5. The van der Waals surface area contributed by atoms with Crippen molar-refractivity contribution in [1.29, 1.82) is 0 Å². The third kappa shape index (κ3) is 46.7. The predicted octanol–water partition coefficient (Wildman–Crippen LogP) is 17.1. The van der Waals surface area contributed by atoms with Crippen molar-refractivity contribution < 1.29 is 24.5 Å². The van der Waals surface area contributed by atoms with E-state index in [0.29, 0.717) is 19.3 Å². The van der Waals surface area contributed by atoms with E-state index in [9.17, 15) is 19.8 Å². The molecule has 0 saturated heterocycles. The molecule has 1 amide bonds. The maximum atomic E-state index is 13.2. The maximum Gasteiger partial charge on any atom is 0.306 e. The van der Waals surface area contributed by atoms with E-state index in [4.69, 9.17) is 4.74 Å². The Balaban J connectivity index is 4.54. The molecule has 6 nitrogen and oxygen atoms in total. The molecular formula is C57H109NO5. The number of aliphatic hydroxyl groups excluding tert-OH is 2. The van der Waals surface area contributed by atoms with E-state index in [-0.39, 0.29) is 24.9 Å². The van der Waals surface area contributed by atoms with Crippen molar-refractivity contribution >= 4 is 11.9 Å². The largest absolute Gasteiger partial charge is 0.462 e. The van der Waals surface area contributed by atoms with Crippen LogP contribution in [0.15, 0.2) is 24.3 Å². The van der Waals surface area contributed by atoms with Crippen molar-refractivity contribution in [3.63, 3.8) is 0 Å². The highest BCUT2D eigenvalue weighted by Gasteiger charge is 2.24. The second kappa shape index (κ2) is 51.3. The SMILES string of the molecule is CCCCC/C=C\C/C=C\CCCCCCCC(CC(=O)NC(CO)C(O)CCCCCCCCCCCCCCCCC)OC(=O)CCCCCCCCCCCCCCCC. The number of amides is 1. The summed E-state index contributed by atoms with van der Waals surface area (Å²) in [7, 11) is 0. The number of carbonyl (C=O) groups excluding carboxylic acids is 2. The Morgan fingerprint density at radius 1 is 0.460 bits per heavy atom. The normalized spacial score (nSPS) is 13.3. The molecule has 3 unspecified atom stereocenters. The molecule has 3 atom stereocenters. The second-order valence-electron chi connectivity index (χ2n) is 19.3. The fourth-order valence-corrected chi connectivity index (χ4v) is 8.76. The van der Waals surface area contributed by atoms with Gasteiger partial charge in [0.25, 0.3) is 0 Å². The highest BCUT2D eigenvalue weighted by Crippen LogP contribution is 2.19.